The van der Waals surface area contributed by atoms with Crippen LogP contribution in [-0.2, 0) is 31.5 Å². The Balaban J connectivity index is 1.13. The van der Waals surface area contributed by atoms with E-state index in [1.165, 1.54) is 29.4 Å². The number of piperidine rings is 1. The minimum absolute atomic E-state index is 0.0553. The molecule has 222 valence electrons. The summed E-state index contributed by atoms with van der Waals surface area (Å²) in [4.78, 5) is 35.0. The number of oxazole rings is 1. The van der Waals surface area contributed by atoms with Crippen LogP contribution in [0.4, 0.5) is 9.18 Å². The number of ether oxygens (including phenoxy) is 1. The highest BCUT2D eigenvalue weighted by atomic mass is 19.1. The zero-order valence-electron chi connectivity index (χ0n) is 23.4. The van der Waals surface area contributed by atoms with E-state index in [-0.39, 0.29) is 30.0 Å². The number of aryl methyl sites for hydroxylation is 1. The first-order valence-corrected chi connectivity index (χ1v) is 13.8. The maximum Gasteiger partial charge on any atom is 0.404 e. The van der Waals surface area contributed by atoms with Crippen molar-refractivity contribution in [3.63, 3.8) is 0 Å². The Morgan fingerprint density at radius 2 is 1.86 bits per heavy atom. The molecule has 1 aliphatic heterocycles. The number of carbonyl (C=O) groups excluding carboxylic acids is 1. The lowest BCUT2D eigenvalue weighted by Crippen LogP contribution is -2.47. The molecule has 1 aliphatic rings. The quantitative estimate of drug-likeness (QED) is 0.278. The summed E-state index contributed by atoms with van der Waals surface area (Å²) in [6.07, 6.45) is 4.37. The smallest absolute Gasteiger partial charge is 0.404 e. The number of amides is 1. The molecule has 0 saturated carbocycles. The van der Waals surface area contributed by atoms with Crippen LogP contribution in [0, 0.1) is 5.82 Å². The predicted octanol–water partition coefficient (Wildman–Crippen LogP) is 3.21. The highest BCUT2D eigenvalue weighted by Crippen LogP contribution is 2.28. The fourth-order valence-corrected chi connectivity index (χ4v) is 5.46. The number of fused-ring (bicyclic) bond motifs is 1. The summed E-state index contributed by atoms with van der Waals surface area (Å²) in [6.45, 7) is 1.60. The molecule has 4 heterocycles. The minimum Gasteiger partial charge on any atom is -0.445 e. The van der Waals surface area contributed by atoms with Gasteiger partial charge in [0.1, 0.15) is 24.2 Å². The van der Waals surface area contributed by atoms with Crippen LogP contribution in [0.15, 0.2) is 70.5 Å². The molecule has 5 aromatic rings. The van der Waals surface area contributed by atoms with Crippen LogP contribution in [0.2, 0.25) is 0 Å². The van der Waals surface area contributed by atoms with Crippen molar-refractivity contribution in [2.24, 2.45) is 12.8 Å². The Kier molecular flexibility index (Phi) is 7.50. The number of primary amides is 1. The highest BCUT2D eigenvalue weighted by molar-refractivity contribution is 5.89. The second-order valence-electron chi connectivity index (χ2n) is 10.8. The van der Waals surface area contributed by atoms with Crippen LogP contribution >= 0.6 is 0 Å². The van der Waals surface area contributed by atoms with E-state index in [2.05, 4.69) is 20.0 Å². The standard InChI is InChI=1S/C30H30FN7O5/c1-36-26(20-4-2-19(3-5-20)16-43-29(32)40)24-25(35-36)28(39)38(18-34-24)17-30(41)8-11-37(12-9-30)15-22-7-6-21(14-23(22)31)27-33-10-13-42-27/h2-7,10,13-14,18,41H,8-9,11-12,15-17H2,1H3,(H2,32,40). The second-order valence-corrected chi connectivity index (χ2v) is 10.8. The van der Waals surface area contributed by atoms with Gasteiger partial charge in [-0.1, -0.05) is 30.3 Å². The topological polar surface area (TPSA) is 155 Å². The number of rotatable bonds is 8. The fourth-order valence-electron chi connectivity index (χ4n) is 5.46. The summed E-state index contributed by atoms with van der Waals surface area (Å²) >= 11 is 0. The average Bonchev–Trinajstić information content (AvgIpc) is 3.65. The van der Waals surface area contributed by atoms with Crippen molar-refractivity contribution >= 4 is 17.1 Å². The van der Waals surface area contributed by atoms with Crippen molar-refractivity contribution in [2.45, 2.75) is 38.1 Å². The van der Waals surface area contributed by atoms with E-state index in [4.69, 9.17) is 14.9 Å². The molecule has 3 N–H and O–H groups in total. The lowest BCUT2D eigenvalue weighted by Gasteiger charge is -2.38. The van der Waals surface area contributed by atoms with E-state index >= 15 is 0 Å². The van der Waals surface area contributed by atoms with Gasteiger partial charge in [-0.05, 0) is 30.5 Å². The van der Waals surface area contributed by atoms with Gasteiger partial charge in [0.15, 0.2) is 5.52 Å². The Bertz CT molecular complexity index is 1820. The number of hydrogen-bond donors (Lipinski definition) is 2. The second kappa shape index (κ2) is 11.4. The molecule has 1 fully saturated rings. The van der Waals surface area contributed by atoms with Gasteiger partial charge in [0, 0.05) is 43.4 Å². The number of likely N-dealkylation sites (tertiary alicyclic amines) is 1. The van der Waals surface area contributed by atoms with Gasteiger partial charge < -0.3 is 20.0 Å². The van der Waals surface area contributed by atoms with Gasteiger partial charge in [0.05, 0.1) is 30.4 Å². The van der Waals surface area contributed by atoms with Gasteiger partial charge in [-0.2, -0.15) is 5.10 Å². The minimum atomic E-state index is -1.12. The van der Waals surface area contributed by atoms with Crippen LogP contribution in [0.3, 0.4) is 0 Å². The predicted molar refractivity (Wildman–Crippen MR) is 154 cm³/mol. The van der Waals surface area contributed by atoms with Gasteiger partial charge in [0.2, 0.25) is 5.89 Å². The molecule has 1 saturated heterocycles. The molecule has 0 aliphatic carbocycles. The number of benzene rings is 2. The molecule has 0 radical (unpaired) electrons. The maximum atomic E-state index is 14.8. The Morgan fingerprint density at radius 3 is 2.53 bits per heavy atom. The lowest BCUT2D eigenvalue weighted by atomic mass is 9.91. The SMILES string of the molecule is Cn1nc2c(=O)n(CC3(O)CCN(Cc4ccc(-c5ncco5)cc4F)CC3)cnc2c1-c1ccc(COC(N)=O)cc1. The summed E-state index contributed by atoms with van der Waals surface area (Å²) in [7, 11) is 1.73. The van der Waals surface area contributed by atoms with Crippen LogP contribution in [0.1, 0.15) is 24.0 Å². The zero-order valence-corrected chi connectivity index (χ0v) is 23.4. The molecule has 2 aromatic carbocycles. The first kappa shape index (κ1) is 28.2. The van der Waals surface area contributed by atoms with E-state index in [1.807, 2.05) is 12.1 Å². The Hall–Kier alpha value is -4.88. The summed E-state index contributed by atoms with van der Waals surface area (Å²) in [5, 5.41) is 15.8. The molecule has 0 spiro atoms. The van der Waals surface area contributed by atoms with Crippen LogP contribution in [0.5, 0.6) is 0 Å². The molecule has 13 heteroatoms. The fraction of sp³-hybridized carbons (Fsp3) is 0.300. The highest BCUT2D eigenvalue weighted by Gasteiger charge is 2.34. The Labute approximate surface area is 245 Å². The third-order valence-corrected chi connectivity index (χ3v) is 7.80. The van der Waals surface area contributed by atoms with Gasteiger partial charge in [0.25, 0.3) is 5.56 Å². The zero-order chi connectivity index (χ0) is 30.1. The lowest BCUT2D eigenvalue weighted by molar-refractivity contribution is -0.0366. The van der Waals surface area contributed by atoms with Gasteiger partial charge in [-0.25, -0.2) is 19.2 Å². The first-order valence-electron chi connectivity index (χ1n) is 13.8. The third kappa shape index (κ3) is 5.90. The van der Waals surface area contributed by atoms with Crippen molar-refractivity contribution in [3.8, 4) is 22.7 Å². The van der Waals surface area contributed by atoms with E-state index < -0.39 is 11.7 Å². The van der Waals surface area contributed by atoms with E-state index in [9.17, 15) is 19.1 Å². The average molecular weight is 588 g/mol. The number of carbonyl (C=O) groups is 1. The monoisotopic (exact) mass is 587 g/mol. The molecule has 0 atom stereocenters. The number of nitrogens with zero attached hydrogens (tertiary/aromatic N) is 6. The number of nitrogens with two attached hydrogens (primary N) is 1. The van der Waals surface area contributed by atoms with E-state index in [0.717, 1.165) is 11.1 Å². The van der Waals surface area contributed by atoms with Crippen molar-refractivity contribution in [3.05, 3.63) is 88.5 Å². The molecule has 3 aromatic heterocycles. The molecule has 0 bridgehead atoms. The maximum absolute atomic E-state index is 14.8. The molecule has 6 rings (SSSR count). The largest absolute Gasteiger partial charge is 0.445 e. The van der Waals surface area contributed by atoms with Crippen molar-refractivity contribution in [2.75, 3.05) is 13.1 Å². The summed E-state index contributed by atoms with van der Waals surface area (Å²) in [5.74, 6) is 0.0199. The number of aromatic nitrogens is 5. The first-order chi connectivity index (χ1) is 20.7. The number of halogens is 1. The van der Waals surface area contributed by atoms with Crippen molar-refractivity contribution in [1.82, 2.24) is 29.2 Å². The number of hydrogen-bond acceptors (Lipinski definition) is 9. The van der Waals surface area contributed by atoms with Crippen LogP contribution in [0.25, 0.3) is 33.7 Å². The normalized spacial score (nSPS) is 15.1. The molecular formula is C30H30FN7O5. The van der Waals surface area contributed by atoms with Crippen LogP contribution in [-0.4, -0.2) is 59.1 Å². The summed E-state index contributed by atoms with van der Waals surface area (Å²) in [5.41, 5.74) is 7.53. The molecule has 12 nitrogen and oxygen atoms in total. The molecular weight excluding hydrogens is 557 g/mol. The van der Waals surface area contributed by atoms with Gasteiger partial charge in [-0.3, -0.25) is 18.9 Å². The summed E-state index contributed by atoms with van der Waals surface area (Å²) < 4.78 is 27.9. The van der Waals surface area contributed by atoms with Gasteiger partial charge in [-0.15, -0.1) is 0 Å². The Morgan fingerprint density at radius 1 is 1.12 bits per heavy atom. The van der Waals surface area contributed by atoms with E-state index in [1.54, 1.807) is 36.0 Å². The number of aliphatic hydroxyl groups is 1. The van der Waals surface area contributed by atoms with Crippen LogP contribution < -0.4 is 11.3 Å². The van der Waals surface area contributed by atoms with E-state index in [0.29, 0.717) is 60.7 Å². The summed E-state index contributed by atoms with van der Waals surface area (Å²) in [6, 6.07) is 12.2. The van der Waals surface area contributed by atoms with Crippen molar-refractivity contribution in [1.29, 1.82) is 0 Å². The molecule has 0 unspecified atom stereocenters. The molecule has 1 amide bonds. The van der Waals surface area contributed by atoms with Gasteiger partial charge >= 0.3 is 6.09 Å². The third-order valence-electron chi connectivity index (χ3n) is 7.80. The molecule has 43 heavy (non-hydrogen) atoms. The van der Waals surface area contributed by atoms with Crippen molar-refractivity contribution < 1.29 is 23.4 Å².